The van der Waals surface area contributed by atoms with E-state index in [-0.39, 0.29) is 12.4 Å². The van der Waals surface area contributed by atoms with Crippen LogP contribution >= 0.6 is 12.4 Å². The molecule has 3 rings (SSSR count). The van der Waals surface area contributed by atoms with Crippen molar-refractivity contribution in [3.63, 3.8) is 0 Å². The third kappa shape index (κ3) is 3.13. The summed E-state index contributed by atoms with van der Waals surface area (Å²) < 4.78 is 1.96. The van der Waals surface area contributed by atoms with E-state index in [4.69, 9.17) is 5.10 Å². The SMILES string of the molecule is CCCNc1c2cccc(-c3c(C)cc(C)cc3C)c2nn1C.Cl. The van der Waals surface area contributed by atoms with E-state index >= 15 is 0 Å². The Balaban J connectivity index is 0.00000208. The zero-order valence-corrected chi connectivity index (χ0v) is 15.9. The molecule has 24 heavy (non-hydrogen) atoms. The minimum Gasteiger partial charge on any atom is -0.370 e. The molecule has 0 saturated carbocycles. The molecule has 0 fully saturated rings. The van der Waals surface area contributed by atoms with E-state index in [1.165, 1.54) is 33.2 Å². The van der Waals surface area contributed by atoms with E-state index < -0.39 is 0 Å². The minimum atomic E-state index is 0. The summed E-state index contributed by atoms with van der Waals surface area (Å²) in [7, 11) is 2.01. The molecule has 2 aromatic carbocycles. The number of benzene rings is 2. The molecular weight excluding hydrogens is 318 g/mol. The van der Waals surface area contributed by atoms with E-state index in [1.54, 1.807) is 0 Å². The number of nitrogens with one attached hydrogen (secondary N) is 1. The van der Waals surface area contributed by atoms with Crippen LogP contribution in [0.3, 0.4) is 0 Å². The normalized spacial score (nSPS) is 10.7. The number of nitrogens with zero attached hydrogens (tertiary/aromatic N) is 2. The van der Waals surface area contributed by atoms with Gasteiger partial charge < -0.3 is 5.32 Å². The summed E-state index contributed by atoms with van der Waals surface area (Å²) in [6.45, 7) is 9.66. The van der Waals surface area contributed by atoms with Crippen LogP contribution < -0.4 is 5.32 Å². The molecule has 1 heterocycles. The van der Waals surface area contributed by atoms with Crippen LogP contribution in [0.1, 0.15) is 30.0 Å². The molecule has 3 aromatic rings. The van der Waals surface area contributed by atoms with Crippen LogP contribution in [0.2, 0.25) is 0 Å². The van der Waals surface area contributed by atoms with Crippen molar-refractivity contribution in [2.24, 2.45) is 7.05 Å². The summed E-state index contributed by atoms with van der Waals surface area (Å²) in [6, 6.07) is 11.0. The Labute approximate surface area is 150 Å². The van der Waals surface area contributed by atoms with Crippen LogP contribution in [0.15, 0.2) is 30.3 Å². The number of fused-ring (bicyclic) bond motifs is 1. The van der Waals surface area contributed by atoms with E-state index in [0.29, 0.717) is 0 Å². The maximum atomic E-state index is 4.80. The summed E-state index contributed by atoms with van der Waals surface area (Å²) in [6.07, 6.45) is 1.10. The van der Waals surface area contributed by atoms with Gasteiger partial charge in [0, 0.05) is 24.5 Å². The number of halogens is 1. The third-order valence-corrected chi connectivity index (χ3v) is 4.35. The van der Waals surface area contributed by atoms with Crippen molar-refractivity contribution >= 4 is 29.1 Å². The quantitative estimate of drug-likeness (QED) is 0.686. The van der Waals surface area contributed by atoms with Gasteiger partial charge in [-0.2, -0.15) is 5.10 Å². The highest BCUT2D eigenvalue weighted by Gasteiger charge is 2.15. The smallest absolute Gasteiger partial charge is 0.131 e. The van der Waals surface area contributed by atoms with Crippen LogP contribution in [-0.2, 0) is 7.05 Å². The molecule has 0 unspecified atom stereocenters. The first-order valence-corrected chi connectivity index (χ1v) is 8.30. The van der Waals surface area contributed by atoms with Gasteiger partial charge in [-0.25, -0.2) is 0 Å². The van der Waals surface area contributed by atoms with E-state index in [2.05, 4.69) is 63.3 Å². The Hall–Kier alpha value is -2.00. The van der Waals surface area contributed by atoms with Crippen LogP contribution in [0.5, 0.6) is 0 Å². The van der Waals surface area contributed by atoms with Gasteiger partial charge in [0.1, 0.15) is 11.3 Å². The second-order valence-corrected chi connectivity index (χ2v) is 6.37. The minimum absolute atomic E-state index is 0. The summed E-state index contributed by atoms with van der Waals surface area (Å²) in [5, 5.41) is 9.50. The Kier molecular flexibility index (Phi) is 5.55. The number of hydrogen-bond donors (Lipinski definition) is 1. The fraction of sp³-hybridized carbons (Fsp3) is 0.350. The number of rotatable bonds is 4. The standard InChI is InChI=1S/C20H25N3.ClH/c1-6-10-21-20-17-9-7-8-16(19(17)22-23(20)5)18-14(3)11-13(2)12-15(18)4;/h7-9,11-12,21H,6,10H2,1-5H3;1H. The Bertz CT molecular complexity index is 842. The molecule has 1 aromatic heterocycles. The van der Waals surface area contributed by atoms with Gasteiger partial charge in [0.25, 0.3) is 0 Å². The molecule has 128 valence electrons. The molecule has 0 amide bonds. The maximum Gasteiger partial charge on any atom is 0.131 e. The molecule has 0 radical (unpaired) electrons. The number of aromatic nitrogens is 2. The molecule has 4 heteroatoms. The lowest BCUT2D eigenvalue weighted by atomic mass is 9.92. The zero-order valence-electron chi connectivity index (χ0n) is 15.1. The highest BCUT2D eigenvalue weighted by Crippen LogP contribution is 2.35. The molecule has 1 N–H and O–H groups in total. The summed E-state index contributed by atoms with van der Waals surface area (Å²) in [4.78, 5) is 0. The average Bonchev–Trinajstić information content (AvgIpc) is 2.80. The van der Waals surface area contributed by atoms with Gasteiger partial charge in [-0.15, -0.1) is 12.4 Å². The maximum absolute atomic E-state index is 4.80. The summed E-state index contributed by atoms with van der Waals surface area (Å²) >= 11 is 0. The molecule has 0 saturated heterocycles. The monoisotopic (exact) mass is 343 g/mol. The van der Waals surface area contributed by atoms with Crippen molar-refractivity contribution in [1.82, 2.24) is 9.78 Å². The van der Waals surface area contributed by atoms with Crippen molar-refractivity contribution in [3.05, 3.63) is 47.0 Å². The highest BCUT2D eigenvalue weighted by atomic mass is 35.5. The zero-order chi connectivity index (χ0) is 16.6. The molecule has 0 aliphatic rings. The van der Waals surface area contributed by atoms with Crippen LogP contribution in [0.25, 0.3) is 22.0 Å². The summed E-state index contributed by atoms with van der Waals surface area (Å²) in [5.41, 5.74) is 7.53. The third-order valence-electron chi connectivity index (χ3n) is 4.35. The predicted molar refractivity (Wildman–Crippen MR) is 106 cm³/mol. The topological polar surface area (TPSA) is 29.9 Å². The molecule has 0 atom stereocenters. The molecule has 0 spiro atoms. The van der Waals surface area contributed by atoms with Crippen molar-refractivity contribution in [1.29, 1.82) is 0 Å². The Morgan fingerprint density at radius 3 is 2.38 bits per heavy atom. The molecule has 0 aliphatic carbocycles. The van der Waals surface area contributed by atoms with Gasteiger partial charge in [-0.05, 0) is 49.9 Å². The van der Waals surface area contributed by atoms with Crippen molar-refractivity contribution in [2.75, 3.05) is 11.9 Å². The second-order valence-electron chi connectivity index (χ2n) is 6.37. The van der Waals surface area contributed by atoms with E-state index in [1.807, 2.05) is 11.7 Å². The number of aryl methyl sites for hydroxylation is 4. The van der Waals surface area contributed by atoms with Gasteiger partial charge in [0.15, 0.2) is 0 Å². The van der Waals surface area contributed by atoms with Gasteiger partial charge >= 0.3 is 0 Å². The fourth-order valence-corrected chi connectivity index (χ4v) is 3.48. The van der Waals surface area contributed by atoms with Crippen LogP contribution in [-0.4, -0.2) is 16.3 Å². The predicted octanol–water partition coefficient (Wildman–Crippen LogP) is 5.41. The Morgan fingerprint density at radius 1 is 1.08 bits per heavy atom. The lowest BCUT2D eigenvalue weighted by Crippen LogP contribution is -2.05. The first-order chi connectivity index (χ1) is 11.0. The van der Waals surface area contributed by atoms with Gasteiger partial charge in [-0.1, -0.05) is 36.8 Å². The van der Waals surface area contributed by atoms with Crippen molar-refractivity contribution in [3.8, 4) is 11.1 Å². The first kappa shape index (κ1) is 18.3. The first-order valence-electron chi connectivity index (χ1n) is 8.30. The average molecular weight is 344 g/mol. The van der Waals surface area contributed by atoms with Crippen LogP contribution in [0, 0.1) is 20.8 Å². The number of anilines is 1. The molecular formula is C20H26ClN3. The molecule has 0 aliphatic heterocycles. The van der Waals surface area contributed by atoms with Crippen molar-refractivity contribution in [2.45, 2.75) is 34.1 Å². The largest absolute Gasteiger partial charge is 0.370 e. The van der Waals surface area contributed by atoms with E-state index in [0.717, 1.165) is 24.3 Å². The second kappa shape index (κ2) is 7.27. The van der Waals surface area contributed by atoms with Gasteiger partial charge in [0.2, 0.25) is 0 Å². The lowest BCUT2D eigenvalue weighted by Gasteiger charge is -2.12. The van der Waals surface area contributed by atoms with Gasteiger partial charge in [-0.3, -0.25) is 4.68 Å². The lowest BCUT2D eigenvalue weighted by molar-refractivity contribution is 0.777. The molecule has 3 nitrogen and oxygen atoms in total. The number of hydrogen-bond acceptors (Lipinski definition) is 2. The molecule has 0 bridgehead atoms. The fourth-order valence-electron chi connectivity index (χ4n) is 3.48. The highest BCUT2D eigenvalue weighted by molar-refractivity contribution is 6.01. The van der Waals surface area contributed by atoms with E-state index in [9.17, 15) is 0 Å². The van der Waals surface area contributed by atoms with Gasteiger partial charge in [0.05, 0.1) is 0 Å². The van der Waals surface area contributed by atoms with Crippen molar-refractivity contribution < 1.29 is 0 Å². The summed E-state index contributed by atoms with van der Waals surface area (Å²) in [5.74, 6) is 1.10. The van der Waals surface area contributed by atoms with Crippen LogP contribution in [0.4, 0.5) is 5.82 Å². The Morgan fingerprint density at radius 2 is 1.75 bits per heavy atom.